The molecule has 0 unspecified atom stereocenters. The van der Waals surface area contributed by atoms with Crippen LogP contribution in [0, 0.1) is 11.6 Å². The molecule has 1 aliphatic heterocycles. The molecular formula is C24H24ClF2N5O2. The number of aliphatic hydroxyl groups excluding tert-OH is 1. The van der Waals surface area contributed by atoms with E-state index in [0.29, 0.717) is 47.3 Å². The number of pyridine rings is 1. The topological polar surface area (TPSA) is 80.7 Å². The van der Waals surface area contributed by atoms with Crippen molar-refractivity contribution in [3.63, 3.8) is 0 Å². The standard InChI is InChI=1S/C24H24ClF2N5O2/c1-2-31-23-18(11-15(25)14-30-23)17-5-3-4-6-21(17)32(24(31)34)22-19(26)12-16(13-20(22)27)29-8-7-28-9-10-33/h3-6,11-14,28-29,33H,2,7-10H2,1H3. The number of urea groups is 1. The van der Waals surface area contributed by atoms with E-state index in [2.05, 4.69) is 15.6 Å². The van der Waals surface area contributed by atoms with Gasteiger partial charge < -0.3 is 15.7 Å². The van der Waals surface area contributed by atoms with Crippen LogP contribution in [0.3, 0.4) is 0 Å². The average Bonchev–Trinajstić information content (AvgIpc) is 2.91. The van der Waals surface area contributed by atoms with Crippen LogP contribution >= 0.6 is 11.6 Å². The third-order valence-corrected chi connectivity index (χ3v) is 5.63. The summed E-state index contributed by atoms with van der Waals surface area (Å²) in [6.07, 6.45) is 1.44. The molecule has 0 aliphatic carbocycles. The molecule has 7 nitrogen and oxygen atoms in total. The van der Waals surface area contributed by atoms with Crippen molar-refractivity contribution in [2.45, 2.75) is 6.92 Å². The maximum atomic E-state index is 15.4. The van der Waals surface area contributed by atoms with Gasteiger partial charge in [0.1, 0.15) is 11.5 Å². The smallest absolute Gasteiger partial charge is 0.334 e. The molecule has 0 saturated carbocycles. The molecule has 1 aliphatic rings. The molecule has 0 radical (unpaired) electrons. The van der Waals surface area contributed by atoms with E-state index in [0.717, 1.165) is 17.0 Å². The number of benzene rings is 2. The first kappa shape index (κ1) is 23.9. The second-order valence-electron chi connectivity index (χ2n) is 7.59. The summed E-state index contributed by atoms with van der Waals surface area (Å²) in [4.78, 5) is 20.4. The number of fused-ring (bicyclic) bond motifs is 3. The van der Waals surface area contributed by atoms with Gasteiger partial charge in [0.2, 0.25) is 0 Å². The molecule has 34 heavy (non-hydrogen) atoms. The Kier molecular flexibility index (Phi) is 7.26. The van der Waals surface area contributed by atoms with Crippen molar-refractivity contribution in [2.24, 2.45) is 0 Å². The van der Waals surface area contributed by atoms with Crippen LogP contribution in [0.2, 0.25) is 5.02 Å². The van der Waals surface area contributed by atoms with Crippen molar-refractivity contribution in [3.05, 3.63) is 65.3 Å². The number of aliphatic hydroxyl groups is 1. The van der Waals surface area contributed by atoms with E-state index in [1.54, 1.807) is 37.3 Å². The van der Waals surface area contributed by atoms with Gasteiger partial charge in [-0.25, -0.2) is 18.6 Å². The molecule has 0 spiro atoms. The van der Waals surface area contributed by atoms with Gasteiger partial charge in [-0.1, -0.05) is 29.8 Å². The molecule has 3 N–H and O–H groups in total. The number of amides is 2. The van der Waals surface area contributed by atoms with Gasteiger partial charge in [-0.3, -0.25) is 9.80 Å². The highest BCUT2D eigenvalue weighted by molar-refractivity contribution is 6.31. The second kappa shape index (κ2) is 10.3. The van der Waals surface area contributed by atoms with Crippen molar-refractivity contribution in [1.29, 1.82) is 0 Å². The van der Waals surface area contributed by atoms with Crippen LogP contribution in [0.15, 0.2) is 48.7 Å². The minimum absolute atomic E-state index is 0.00363. The van der Waals surface area contributed by atoms with Gasteiger partial charge in [0.05, 0.1) is 17.3 Å². The van der Waals surface area contributed by atoms with Crippen molar-refractivity contribution in [1.82, 2.24) is 10.3 Å². The molecule has 1 aromatic heterocycles. The van der Waals surface area contributed by atoms with Crippen molar-refractivity contribution >= 4 is 40.5 Å². The molecule has 2 aromatic carbocycles. The SMILES string of the molecule is CCN1C(=O)N(c2c(F)cc(NCCNCCO)cc2F)c2ccccc2-c2cc(Cl)cnc21. The Morgan fingerprint density at radius 3 is 2.50 bits per heavy atom. The third kappa shape index (κ3) is 4.54. The van der Waals surface area contributed by atoms with Crippen LogP contribution in [0.4, 0.5) is 36.5 Å². The summed E-state index contributed by atoms with van der Waals surface area (Å²) in [7, 11) is 0. The molecule has 4 rings (SSSR count). The highest BCUT2D eigenvalue weighted by Crippen LogP contribution is 2.45. The van der Waals surface area contributed by atoms with Gasteiger partial charge >= 0.3 is 6.03 Å². The summed E-state index contributed by atoms with van der Waals surface area (Å²) in [5, 5.41) is 15.1. The van der Waals surface area contributed by atoms with Gasteiger partial charge in [-0.2, -0.15) is 0 Å². The van der Waals surface area contributed by atoms with E-state index in [-0.39, 0.29) is 18.8 Å². The number of carbonyl (C=O) groups excluding carboxylic acids is 1. The van der Waals surface area contributed by atoms with E-state index in [1.165, 1.54) is 11.1 Å². The fourth-order valence-corrected chi connectivity index (χ4v) is 4.10. The van der Waals surface area contributed by atoms with Crippen LogP contribution in [-0.4, -0.2) is 48.9 Å². The Balaban J connectivity index is 1.78. The summed E-state index contributed by atoms with van der Waals surface area (Å²) < 4.78 is 30.7. The Hall–Kier alpha value is -3.27. The normalized spacial score (nSPS) is 12.9. The second-order valence-corrected chi connectivity index (χ2v) is 8.03. The molecule has 178 valence electrons. The maximum absolute atomic E-state index is 15.4. The minimum atomic E-state index is -0.887. The summed E-state index contributed by atoms with van der Waals surface area (Å²) in [5.74, 6) is -1.41. The maximum Gasteiger partial charge on any atom is 0.334 e. The lowest BCUT2D eigenvalue weighted by atomic mass is 10.0. The van der Waals surface area contributed by atoms with Gasteiger partial charge in [0.15, 0.2) is 11.6 Å². The molecular weight excluding hydrogens is 464 g/mol. The predicted octanol–water partition coefficient (Wildman–Crippen LogP) is 4.77. The molecule has 3 aromatic rings. The van der Waals surface area contributed by atoms with Gasteiger partial charge in [0.25, 0.3) is 0 Å². The molecule has 2 heterocycles. The molecule has 0 atom stereocenters. The Labute approximate surface area is 201 Å². The zero-order chi connectivity index (χ0) is 24.2. The van der Waals surface area contributed by atoms with E-state index in [4.69, 9.17) is 16.7 Å². The summed E-state index contributed by atoms with van der Waals surface area (Å²) in [5.41, 5.74) is 1.26. The minimum Gasteiger partial charge on any atom is -0.395 e. The zero-order valence-corrected chi connectivity index (χ0v) is 19.2. The van der Waals surface area contributed by atoms with E-state index in [9.17, 15) is 4.79 Å². The Morgan fingerprint density at radius 2 is 1.79 bits per heavy atom. The lowest BCUT2D eigenvalue weighted by Crippen LogP contribution is -2.41. The van der Waals surface area contributed by atoms with Crippen molar-refractivity contribution < 1.29 is 18.7 Å². The van der Waals surface area contributed by atoms with Crippen LogP contribution in [0.5, 0.6) is 0 Å². The van der Waals surface area contributed by atoms with Crippen LogP contribution in [0.1, 0.15) is 6.92 Å². The number of para-hydroxylation sites is 1. The quantitative estimate of drug-likeness (QED) is 0.399. The van der Waals surface area contributed by atoms with E-state index in [1.807, 2.05) is 0 Å². The molecule has 10 heteroatoms. The van der Waals surface area contributed by atoms with E-state index >= 15 is 8.78 Å². The first-order valence-corrected chi connectivity index (χ1v) is 11.2. The molecule has 0 saturated heterocycles. The number of nitrogens with zero attached hydrogens (tertiary/aromatic N) is 3. The lowest BCUT2D eigenvalue weighted by molar-refractivity contribution is 0.253. The third-order valence-electron chi connectivity index (χ3n) is 5.42. The van der Waals surface area contributed by atoms with Gasteiger partial charge in [-0.15, -0.1) is 0 Å². The lowest BCUT2D eigenvalue weighted by Gasteiger charge is -2.28. The fraction of sp³-hybridized carbons (Fsp3) is 0.250. The monoisotopic (exact) mass is 487 g/mol. The number of anilines is 4. The predicted molar refractivity (Wildman–Crippen MR) is 130 cm³/mol. The highest BCUT2D eigenvalue weighted by Gasteiger charge is 2.35. The first-order chi connectivity index (χ1) is 16.5. The number of hydrogen-bond acceptors (Lipinski definition) is 5. The van der Waals surface area contributed by atoms with Gasteiger partial charge in [-0.05, 0) is 31.2 Å². The largest absolute Gasteiger partial charge is 0.395 e. The van der Waals surface area contributed by atoms with Crippen LogP contribution < -0.4 is 20.4 Å². The molecule has 0 bridgehead atoms. The van der Waals surface area contributed by atoms with Crippen molar-refractivity contribution in [2.75, 3.05) is 47.9 Å². The number of aromatic nitrogens is 1. The van der Waals surface area contributed by atoms with Crippen LogP contribution in [-0.2, 0) is 0 Å². The van der Waals surface area contributed by atoms with Crippen LogP contribution in [0.25, 0.3) is 11.1 Å². The number of rotatable bonds is 8. The highest BCUT2D eigenvalue weighted by atomic mass is 35.5. The number of nitrogens with one attached hydrogen (secondary N) is 2. The number of halogens is 3. The Bertz CT molecular complexity index is 1190. The number of carbonyl (C=O) groups is 1. The van der Waals surface area contributed by atoms with E-state index < -0.39 is 23.4 Å². The summed E-state index contributed by atoms with van der Waals surface area (Å²) >= 11 is 6.19. The van der Waals surface area contributed by atoms with Gasteiger partial charge in [0, 0.05) is 49.2 Å². The fourth-order valence-electron chi connectivity index (χ4n) is 3.94. The Morgan fingerprint density at radius 1 is 1.06 bits per heavy atom. The molecule has 2 amide bonds. The number of hydrogen-bond donors (Lipinski definition) is 3. The summed E-state index contributed by atoms with van der Waals surface area (Å²) in [6.45, 7) is 3.32. The zero-order valence-electron chi connectivity index (χ0n) is 18.5. The average molecular weight is 488 g/mol. The summed E-state index contributed by atoms with van der Waals surface area (Å²) in [6, 6.07) is 10.2. The molecule has 0 fully saturated rings. The first-order valence-electron chi connectivity index (χ1n) is 10.9. The van der Waals surface area contributed by atoms with Crippen molar-refractivity contribution in [3.8, 4) is 11.1 Å².